The topological polar surface area (TPSA) is 140 Å². The number of nitrogens with one attached hydrogen (secondary N) is 2. The van der Waals surface area contributed by atoms with Crippen LogP contribution in [0.4, 0.5) is 20.7 Å². The first kappa shape index (κ1) is 20.7. The Balaban J connectivity index is 1.71. The molecule has 0 atom stereocenters. The van der Waals surface area contributed by atoms with E-state index in [9.17, 15) is 17.6 Å². The first-order chi connectivity index (χ1) is 14.7. The molecule has 2 heterocycles. The van der Waals surface area contributed by atoms with E-state index in [-0.39, 0.29) is 28.3 Å². The summed E-state index contributed by atoms with van der Waals surface area (Å²) in [5.41, 5.74) is 7.37. The summed E-state index contributed by atoms with van der Waals surface area (Å²) in [7, 11) is -2.44. The lowest BCUT2D eigenvalue weighted by Gasteiger charge is -2.17. The molecule has 1 saturated carbocycles. The van der Waals surface area contributed by atoms with Gasteiger partial charge in [-0.15, -0.1) is 0 Å². The lowest BCUT2D eigenvalue weighted by atomic mass is 10.1. The molecule has 1 aliphatic carbocycles. The molecule has 160 valence electrons. The molecule has 2 amide bonds. The van der Waals surface area contributed by atoms with E-state index in [1.54, 1.807) is 24.3 Å². The van der Waals surface area contributed by atoms with E-state index in [0.29, 0.717) is 24.1 Å². The smallest absolute Gasteiger partial charge is 0.318 e. The van der Waals surface area contributed by atoms with Crippen LogP contribution < -0.4 is 16.4 Å². The van der Waals surface area contributed by atoms with E-state index in [1.165, 1.54) is 13.1 Å². The highest BCUT2D eigenvalue weighted by atomic mass is 32.2. The minimum absolute atomic E-state index is 0.117. The Labute approximate surface area is 177 Å². The third-order valence-electron chi connectivity index (χ3n) is 5.05. The normalized spacial score (nSPS) is 14.6. The van der Waals surface area contributed by atoms with E-state index < -0.39 is 20.4 Å². The fourth-order valence-corrected chi connectivity index (χ4v) is 5.20. The van der Waals surface area contributed by atoms with Crippen LogP contribution in [0.3, 0.4) is 0 Å². The Morgan fingerprint density at radius 3 is 2.45 bits per heavy atom. The zero-order valence-corrected chi connectivity index (χ0v) is 17.3. The molecule has 2 aromatic heterocycles. The quantitative estimate of drug-likeness (QED) is 0.551. The van der Waals surface area contributed by atoms with Gasteiger partial charge in [-0.05, 0) is 43.2 Å². The summed E-state index contributed by atoms with van der Waals surface area (Å²) in [5.74, 6) is -0.364. The lowest BCUT2D eigenvalue weighted by molar-refractivity contribution is 0.254. The highest BCUT2D eigenvalue weighted by molar-refractivity contribution is 7.92. The maximum absolute atomic E-state index is 13.6. The van der Waals surface area contributed by atoms with Crippen molar-refractivity contribution in [2.75, 3.05) is 18.1 Å². The number of benzene rings is 1. The van der Waals surface area contributed by atoms with E-state index in [1.807, 2.05) is 0 Å². The van der Waals surface area contributed by atoms with Gasteiger partial charge in [-0.3, -0.25) is 4.98 Å². The van der Waals surface area contributed by atoms with Gasteiger partial charge >= 0.3 is 6.03 Å². The van der Waals surface area contributed by atoms with Crippen molar-refractivity contribution in [2.45, 2.75) is 22.5 Å². The van der Waals surface area contributed by atoms with Gasteiger partial charge in [-0.2, -0.15) is 0 Å². The van der Waals surface area contributed by atoms with Crippen molar-refractivity contribution in [3.63, 3.8) is 0 Å². The van der Waals surface area contributed by atoms with Gasteiger partial charge in [0, 0.05) is 30.6 Å². The van der Waals surface area contributed by atoms with Gasteiger partial charge in [0.25, 0.3) is 0 Å². The molecule has 0 spiro atoms. The van der Waals surface area contributed by atoms with E-state index in [2.05, 4.69) is 25.6 Å². The minimum atomic E-state index is -3.94. The van der Waals surface area contributed by atoms with Crippen LogP contribution in [0.5, 0.6) is 0 Å². The van der Waals surface area contributed by atoms with Crippen molar-refractivity contribution in [3.8, 4) is 11.4 Å². The number of amides is 2. The number of sulfone groups is 1. The van der Waals surface area contributed by atoms with Crippen molar-refractivity contribution in [3.05, 3.63) is 60.3 Å². The highest BCUT2D eigenvalue weighted by Gasteiger charge is 2.58. The number of urea groups is 1. The number of hydrogen-bond acceptors (Lipinski definition) is 7. The molecular formula is C20H19FN6O3S. The number of rotatable bonds is 5. The molecular weight excluding hydrogens is 423 g/mol. The zero-order chi connectivity index (χ0) is 22.2. The summed E-state index contributed by atoms with van der Waals surface area (Å²) in [6, 6.07) is 8.73. The largest absolute Gasteiger partial charge is 0.384 e. The van der Waals surface area contributed by atoms with E-state index in [4.69, 9.17) is 5.73 Å². The van der Waals surface area contributed by atoms with Crippen LogP contribution in [0.25, 0.3) is 11.4 Å². The molecule has 11 heteroatoms. The molecule has 4 rings (SSSR count). The first-order valence-corrected chi connectivity index (χ1v) is 10.8. The average molecular weight is 442 g/mol. The molecule has 0 saturated heterocycles. The number of nitrogens with zero attached hydrogens (tertiary/aromatic N) is 3. The number of carbonyl (C=O) groups is 1. The Morgan fingerprint density at radius 1 is 1.13 bits per heavy atom. The molecule has 9 nitrogen and oxygen atoms in total. The summed E-state index contributed by atoms with van der Waals surface area (Å²) in [6.45, 7) is 0. The molecule has 4 N–H and O–H groups in total. The third-order valence-corrected chi connectivity index (χ3v) is 7.54. The second kappa shape index (κ2) is 7.58. The number of nitrogen functional groups attached to an aromatic ring is 1. The molecule has 1 aliphatic rings. The summed E-state index contributed by atoms with van der Waals surface area (Å²) in [6.07, 6.45) is 2.73. The van der Waals surface area contributed by atoms with Crippen LogP contribution >= 0.6 is 0 Å². The molecule has 1 fully saturated rings. The van der Waals surface area contributed by atoms with Gasteiger partial charge in [-0.1, -0.05) is 0 Å². The first-order valence-electron chi connectivity index (χ1n) is 9.34. The van der Waals surface area contributed by atoms with Crippen molar-refractivity contribution < 1.29 is 17.6 Å². The van der Waals surface area contributed by atoms with Gasteiger partial charge < -0.3 is 16.4 Å². The molecule has 31 heavy (non-hydrogen) atoms. The molecule has 0 aliphatic heterocycles. The molecule has 0 radical (unpaired) electrons. The lowest BCUT2D eigenvalue weighted by Crippen LogP contribution is -2.24. The van der Waals surface area contributed by atoms with Crippen LogP contribution in [-0.4, -0.2) is 36.4 Å². The van der Waals surface area contributed by atoms with Gasteiger partial charge in [0.05, 0.1) is 16.8 Å². The average Bonchev–Trinajstić information content (AvgIpc) is 3.56. The maximum atomic E-state index is 13.6. The van der Waals surface area contributed by atoms with Gasteiger partial charge in [0.15, 0.2) is 15.7 Å². The zero-order valence-electron chi connectivity index (χ0n) is 16.5. The molecule has 0 bridgehead atoms. The van der Waals surface area contributed by atoms with Crippen molar-refractivity contribution in [1.82, 2.24) is 20.3 Å². The second-order valence-corrected chi connectivity index (χ2v) is 9.38. The molecule has 0 unspecified atom stereocenters. The summed E-state index contributed by atoms with van der Waals surface area (Å²) in [5, 5.41) is 5.09. The monoisotopic (exact) mass is 442 g/mol. The second-order valence-electron chi connectivity index (χ2n) is 7.12. The molecule has 3 aromatic rings. The highest BCUT2D eigenvalue weighted by Crippen LogP contribution is 2.54. The molecule has 1 aromatic carbocycles. The van der Waals surface area contributed by atoms with E-state index in [0.717, 1.165) is 18.5 Å². The van der Waals surface area contributed by atoms with Crippen LogP contribution in [0.2, 0.25) is 0 Å². The Morgan fingerprint density at radius 2 is 1.84 bits per heavy atom. The van der Waals surface area contributed by atoms with E-state index >= 15 is 0 Å². The van der Waals surface area contributed by atoms with Crippen LogP contribution in [0, 0.1) is 5.82 Å². The fraction of sp³-hybridized carbons (Fsp3) is 0.200. The number of carbonyl (C=O) groups excluding carboxylic acids is 1. The number of nitrogens with two attached hydrogens (primary N) is 1. The number of aromatic nitrogens is 3. The predicted molar refractivity (Wildman–Crippen MR) is 112 cm³/mol. The summed E-state index contributed by atoms with van der Waals surface area (Å²) < 4.78 is 38.8. The van der Waals surface area contributed by atoms with Crippen LogP contribution in [0.15, 0.2) is 53.7 Å². The van der Waals surface area contributed by atoms with Gasteiger partial charge in [0.1, 0.15) is 16.4 Å². The third kappa shape index (κ3) is 3.79. The number of pyridine rings is 1. The minimum Gasteiger partial charge on any atom is -0.384 e. The van der Waals surface area contributed by atoms with Gasteiger partial charge in [0.2, 0.25) is 0 Å². The number of anilines is 2. The van der Waals surface area contributed by atoms with Gasteiger partial charge in [-0.25, -0.2) is 27.6 Å². The Bertz CT molecular complexity index is 1260. The van der Waals surface area contributed by atoms with Crippen LogP contribution in [0.1, 0.15) is 18.5 Å². The SMILES string of the molecule is CNC(=O)Nc1ccc(-c2nc(N)cc(C3(S(=O)(=O)c4cncc(F)c4)CC3)n2)cc1. The van der Waals surface area contributed by atoms with Crippen molar-refractivity contribution >= 4 is 27.4 Å². The summed E-state index contributed by atoms with van der Waals surface area (Å²) >= 11 is 0. The van der Waals surface area contributed by atoms with Crippen molar-refractivity contribution in [1.29, 1.82) is 0 Å². The fourth-order valence-electron chi connectivity index (χ4n) is 3.27. The predicted octanol–water partition coefficient (Wildman–Crippen LogP) is 2.47. The maximum Gasteiger partial charge on any atom is 0.318 e. The van der Waals surface area contributed by atoms with Crippen LogP contribution in [-0.2, 0) is 14.6 Å². The Hall–Kier alpha value is -3.60. The summed E-state index contributed by atoms with van der Waals surface area (Å²) in [4.78, 5) is 23.6. The number of hydrogen-bond donors (Lipinski definition) is 3. The van der Waals surface area contributed by atoms with Crippen molar-refractivity contribution in [2.24, 2.45) is 0 Å². The Kier molecular flexibility index (Phi) is 5.05. The standard InChI is InChI=1S/C20H19FN6O3S/c1-23-19(28)25-14-4-2-12(3-5-14)18-26-16(9-17(22)27-18)20(6-7-20)31(29,30)15-8-13(21)10-24-11-15/h2-5,8-11H,6-7H2,1H3,(H2,22,26,27)(H2,23,25,28). The number of halogens is 1.